The lowest BCUT2D eigenvalue weighted by molar-refractivity contribution is -0.116. The Hall–Kier alpha value is -4.15. The van der Waals surface area contributed by atoms with Gasteiger partial charge >= 0.3 is 0 Å². The van der Waals surface area contributed by atoms with Gasteiger partial charge in [0.25, 0.3) is 11.6 Å². The SMILES string of the molecule is CCCN(CC(=O)Nc1ccc(F)c(F)c1F)C(=O)c1cc(-c2ccco2)nc2onc(C)c12. The third-order valence-corrected chi connectivity index (χ3v) is 5.05. The Labute approximate surface area is 191 Å². The molecule has 4 aromatic rings. The van der Waals surface area contributed by atoms with Crippen LogP contribution in [-0.4, -0.2) is 39.9 Å². The van der Waals surface area contributed by atoms with Crippen molar-refractivity contribution in [3.05, 3.63) is 65.3 Å². The van der Waals surface area contributed by atoms with Crippen LogP contribution in [0.25, 0.3) is 22.6 Å². The van der Waals surface area contributed by atoms with Crippen LogP contribution < -0.4 is 5.32 Å². The highest BCUT2D eigenvalue weighted by atomic mass is 19.2. The van der Waals surface area contributed by atoms with Gasteiger partial charge in [-0.05, 0) is 43.7 Å². The summed E-state index contributed by atoms with van der Waals surface area (Å²) in [5.41, 5.74) is 0.548. The Kier molecular flexibility index (Phi) is 6.35. The fraction of sp³-hybridized carbons (Fsp3) is 0.217. The monoisotopic (exact) mass is 472 g/mol. The summed E-state index contributed by atoms with van der Waals surface area (Å²) in [4.78, 5) is 31.7. The summed E-state index contributed by atoms with van der Waals surface area (Å²) in [7, 11) is 0. The van der Waals surface area contributed by atoms with Crippen molar-refractivity contribution in [1.29, 1.82) is 0 Å². The molecule has 0 aliphatic rings. The number of benzene rings is 1. The summed E-state index contributed by atoms with van der Waals surface area (Å²) in [5, 5.41) is 6.44. The highest BCUT2D eigenvalue weighted by molar-refractivity contribution is 6.08. The number of carbonyl (C=O) groups excluding carboxylic acids is 2. The number of fused-ring (bicyclic) bond motifs is 1. The van der Waals surface area contributed by atoms with Crippen molar-refractivity contribution in [1.82, 2.24) is 15.0 Å². The van der Waals surface area contributed by atoms with Gasteiger partial charge in [0.1, 0.15) is 12.2 Å². The largest absolute Gasteiger partial charge is 0.463 e. The summed E-state index contributed by atoms with van der Waals surface area (Å²) in [6.45, 7) is 3.19. The van der Waals surface area contributed by atoms with E-state index in [-0.39, 0.29) is 17.8 Å². The van der Waals surface area contributed by atoms with Crippen LogP contribution in [0.1, 0.15) is 29.4 Å². The minimum Gasteiger partial charge on any atom is -0.463 e. The number of nitrogens with zero attached hydrogens (tertiary/aromatic N) is 3. The van der Waals surface area contributed by atoms with Crippen LogP contribution in [0.15, 0.2) is 45.5 Å². The molecular weight excluding hydrogens is 453 g/mol. The van der Waals surface area contributed by atoms with Crippen LogP contribution in [0.4, 0.5) is 18.9 Å². The van der Waals surface area contributed by atoms with Crippen molar-refractivity contribution >= 4 is 28.6 Å². The first-order valence-corrected chi connectivity index (χ1v) is 10.3. The molecule has 0 fully saturated rings. The zero-order valence-corrected chi connectivity index (χ0v) is 18.2. The second-order valence-corrected chi connectivity index (χ2v) is 7.48. The maximum Gasteiger partial charge on any atom is 0.259 e. The average molecular weight is 472 g/mol. The molecule has 1 N–H and O–H groups in total. The Morgan fingerprint density at radius 2 is 1.94 bits per heavy atom. The van der Waals surface area contributed by atoms with Crippen LogP contribution in [0.5, 0.6) is 0 Å². The summed E-state index contributed by atoms with van der Waals surface area (Å²) in [6, 6.07) is 6.45. The van der Waals surface area contributed by atoms with Crippen molar-refractivity contribution < 1.29 is 31.7 Å². The lowest BCUT2D eigenvalue weighted by atomic mass is 10.1. The first-order chi connectivity index (χ1) is 16.3. The highest BCUT2D eigenvalue weighted by Gasteiger charge is 2.26. The normalized spacial score (nSPS) is 11.1. The second-order valence-electron chi connectivity index (χ2n) is 7.48. The van der Waals surface area contributed by atoms with E-state index in [9.17, 15) is 22.8 Å². The molecule has 0 bridgehead atoms. The standard InChI is InChI=1S/C23H19F3N4O4/c1-3-8-30(11-18(31)27-15-7-6-14(24)20(25)21(15)26)23(32)13-10-16(17-5-4-9-33-17)28-22-19(13)12(2)29-34-22/h4-7,9-10H,3,8,11H2,1-2H3,(H,27,31). The topological polar surface area (TPSA) is 101 Å². The van der Waals surface area contributed by atoms with Gasteiger partial charge in [0.05, 0.1) is 28.6 Å². The van der Waals surface area contributed by atoms with Crippen LogP contribution in [0.3, 0.4) is 0 Å². The van der Waals surface area contributed by atoms with Gasteiger partial charge in [-0.3, -0.25) is 9.59 Å². The van der Waals surface area contributed by atoms with E-state index >= 15 is 0 Å². The third kappa shape index (κ3) is 4.36. The molecule has 0 atom stereocenters. The number of pyridine rings is 1. The molecule has 3 aromatic heterocycles. The molecule has 0 unspecified atom stereocenters. The van der Waals surface area contributed by atoms with Crippen molar-refractivity contribution in [2.24, 2.45) is 0 Å². The molecule has 3 heterocycles. The average Bonchev–Trinajstić information content (AvgIpc) is 3.49. The molecule has 1 aromatic carbocycles. The minimum atomic E-state index is -1.70. The Balaban J connectivity index is 1.65. The quantitative estimate of drug-likeness (QED) is 0.391. The molecule has 11 heteroatoms. The number of anilines is 1. The van der Waals surface area contributed by atoms with E-state index in [4.69, 9.17) is 8.94 Å². The van der Waals surface area contributed by atoms with Gasteiger partial charge in [-0.1, -0.05) is 12.1 Å². The molecule has 0 spiro atoms. The number of hydrogen-bond acceptors (Lipinski definition) is 6. The van der Waals surface area contributed by atoms with Crippen LogP contribution >= 0.6 is 0 Å². The lowest BCUT2D eigenvalue weighted by Gasteiger charge is -2.22. The maximum absolute atomic E-state index is 14.0. The minimum absolute atomic E-state index is 0.125. The Morgan fingerprint density at radius 1 is 1.15 bits per heavy atom. The summed E-state index contributed by atoms with van der Waals surface area (Å²) in [5.74, 6) is -5.51. The molecule has 0 saturated heterocycles. The number of nitrogens with one attached hydrogen (secondary N) is 1. The van der Waals surface area contributed by atoms with E-state index in [1.807, 2.05) is 6.92 Å². The van der Waals surface area contributed by atoms with E-state index in [1.165, 1.54) is 17.2 Å². The first-order valence-electron chi connectivity index (χ1n) is 10.3. The number of amides is 2. The fourth-order valence-corrected chi connectivity index (χ4v) is 3.49. The van der Waals surface area contributed by atoms with Gasteiger partial charge in [0.15, 0.2) is 23.2 Å². The van der Waals surface area contributed by atoms with Crippen molar-refractivity contribution in [3.8, 4) is 11.5 Å². The number of rotatable bonds is 7. The van der Waals surface area contributed by atoms with E-state index in [0.717, 1.165) is 6.07 Å². The molecule has 34 heavy (non-hydrogen) atoms. The summed E-state index contributed by atoms with van der Waals surface area (Å²) >= 11 is 0. The van der Waals surface area contributed by atoms with Gasteiger partial charge in [0.2, 0.25) is 5.91 Å². The number of carbonyl (C=O) groups is 2. The number of aromatic nitrogens is 2. The molecule has 4 rings (SSSR count). The van der Waals surface area contributed by atoms with Gasteiger partial charge in [-0.15, -0.1) is 0 Å². The van der Waals surface area contributed by atoms with Crippen LogP contribution in [0, 0.1) is 24.4 Å². The summed E-state index contributed by atoms with van der Waals surface area (Å²) in [6.07, 6.45) is 1.97. The van der Waals surface area contributed by atoms with Crippen molar-refractivity contribution in [3.63, 3.8) is 0 Å². The third-order valence-electron chi connectivity index (χ3n) is 5.05. The predicted molar refractivity (Wildman–Crippen MR) is 115 cm³/mol. The second kappa shape index (κ2) is 9.38. The number of aryl methyl sites for hydroxylation is 1. The van der Waals surface area contributed by atoms with Crippen molar-refractivity contribution in [2.75, 3.05) is 18.4 Å². The first kappa shape index (κ1) is 23.0. The Bertz CT molecular complexity index is 1370. The lowest BCUT2D eigenvalue weighted by Crippen LogP contribution is -2.38. The Morgan fingerprint density at radius 3 is 2.65 bits per heavy atom. The smallest absolute Gasteiger partial charge is 0.259 e. The molecule has 176 valence electrons. The van der Waals surface area contributed by atoms with Crippen LogP contribution in [0.2, 0.25) is 0 Å². The summed E-state index contributed by atoms with van der Waals surface area (Å²) < 4.78 is 51.2. The zero-order chi connectivity index (χ0) is 24.4. The number of furan rings is 1. The molecule has 0 saturated carbocycles. The van der Waals surface area contributed by atoms with E-state index in [1.54, 1.807) is 19.1 Å². The van der Waals surface area contributed by atoms with E-state index in [0.29, 0.717) is 35.0 Å². The van der Waals surface area contributed by atoms with E-state index in [2.05, 4.69) is 15.5 Å². The van der Waals surface area contributed by atoms with Gasteiger partial charge in [-0.25, -0.2) is 18.2 Å². The van der Waals surface area contributed by atoms with Gasteiger partial charge in [-0.2, -0.15) is 0 Å². The zero-order valence-electron chi connectivity index (χ0n) is 18.2. The van der Waals surface area contributed by atoms with E-state index < -0.39 is 41.5 Å². The molecule has 0 aliphatic carbocycles. The molecule has 0 radical (unpaired) electrons. The maximum atomic E-state index is 14.0. The fourth-order valence-electron chi connectivity index (χ4n) is 3.49. The number of halogens is 3. The highest BCUT2D eigenvalue weighted by Crippen LogP contribution is 2.28. The molecule has 8 nitrogen and oxygen atoms in total. The number of hydrogen-bond donors (Lipinski definition) is 1. The van der Waals surface area contributed by atoms with Crippen molar-refractivity contribution in [2.45, 2.75) is 20.3 Å². The van der Waals surface area contributed by atoms with Gasteiger partial charge in [0, 0.05) is 6.54 Å². The molecule has 2 amide bonds. The van der Waals surface area contributed by atoms with Crippen LogP contribution in [-0.2, 0) is 4.79 Å². The predicted octanol–water partition coefficient (Wildman–Crippen LogP) is 4.70. The molecular formula is C23H19F3N4O4. The molecule has 0 aliphatic heterocycles. The van der Waals surface area contributed by atoms with Gasteiger partial charge < -0.3 is 19.2 Å².